The monoisotopic (exact) mass is 236 g/mol. The minimum atomic E-state index is 0.229. The van der Waals surface area contributed by atoms with Crippen molar-refractivity contribution in [3.8, 4) is 5.75 Å². The molecule has 17 heavy (non-hydrogen) atoms. The van der Waals surface area contributed by atoms with Gasteiger partial charge in [-0.2, -0.15) is 0 Å². The highest BCUT2D eigenvalue weighted by atomic mass is 16.5. The number of ether oxygens (including phenoxy) is 1. The van der Waals surface area contributed by atoms with Gasteiger partial charge < -0.3 is 15.4 Å². The van der Waals surface area contributed by atoms with Crippen LogP contribution in [0.25, 0.3) is 0 Å². The van der Waals surface area contributed by atoms with Gasteiger partial charge in [-0.25, -0.2) is 0 Å². The Morgan fingerprint density at radius 1 is 1.35 bits per heavy atom. The molecule has 0 heterocycles. The number of hydrogen-bond acceptors (Lipinski definition) is 3. The van der Waals surface area contributed by atoms with Crippen LogP contribution in [0.4, 0.5) is 5.69 Å². The zero-order chi connectivity index (χ0) is 12.9. The molecule has 2 N–H and O–H groups in total. The third-order valence-corrected chi connectivity index (χ3v) is 2.98. The van der Waals surface area contributed by atoms with Crippen molar-refractivity contribution in [2.24, 2.45) is 11.1 Å². The number of rotatable bonds is 6. The molecule has 1 rings (SSSR count). The number of nitrogens with zero attached hydrogens (tertiary/aromatic N) is 1. The average molecular weight is 236 g/mol. The molecular weight excluding hydrogens is 212 g/mol. The maximum absolute atomic E-state index is 5.64. The highest BCUT2D eigenvalue weighted by Crippen LogP contribution is 2.25. The minimum absolute atomic E-state index is 0.229. The molecule has 3 heteroatoms. The number of benzene rings is 1. The molecule has 0 aromatic heterocycles. The van der Waals surface area contributed by atoms with E-state index < -0.39 is 0 Å². The maximum atomic E-state index is 5.64. The van der Waals surface area contributed by atoms with Gasteiger partial charge in [0.15, 0.2) is 0 Å². The van der Waals surface area contributed by atoms with Crippen LogP contribution in [-0.2, 0) is 0 Å². The van der Waals surface area contributed by atoms with E-state index in [-0.39, 0.29) is 5.41 Å². The van der Waals surface area contributed by atoms with Crippen molar-refractivity contribution in [1.82, 2.24) is 0 Å². The van der Waals surface area contributed by atoms with E-state index in [0.29, 0.717) is 0 Å². The van der Waals surface area contributed by atoms with Gasteiger partial charge in [0.05, 0.1) is 7.11 Å². The van der Waals surface area contributed by atoms with Crippen molar-refractivity contribution in [2.45, 2.75) is 20.3 Å². The lowest BCUT2D eigenvalue weighted by atomic mass is 9.89. The van der Waals surface area contributed by atoms with Gasteiger partial charge in [-0.1, -0.05) is 19.9 Å². The first-order valence-corrected chi connectivity index (χ1v) is 6.04. The average Bonchev–Trinajstić information content (AvgIpc) is 2.28. The van der Waals surface area contributed by atoms with Crippen LogP contribution in [0, 0.1) is 5.41 Å². The van der Waals surface area contributed by atoms with Gasteiger partial charge in [0.25, 0.3) is 0 Å². The predicted octanol–water partition coefficient (Wildman–Crippen LogP) is 2.51. The van der Waals surface area contributed by atoms with Gasteiger partial charge in [-0.05, 0) is 30.5 Å². The standard InChI is InChI=1S/C14H24N2O/c1-14(2,8-9-15)11-16(3)12-6-5-7-13(10-12)17-4/h5-7,10H,8-9,11,15H2,1-4H3. The lowest BCUT2D eigenvalue weighted by molar-refractivity contribution is 0.347. The first-order chi connectivity index (χ1) is 7.98. The van der Waals surface area contributed by atoms with Crippen LogP contribution in [0.15, 0.2) is 24.3 Å². The molecule has 0 saturated heterocycles. The Morgan fingerprint density at radius 2 is 2.06 bits per heavy atom. The van der Waals surface area contributed by atoms with Gasteiger partial charge in [0.1, 0.15) is 5.75 Å². The molecule has 1 aromatic rings. The fourth-order valence-electron chi connectivity index (χ4n) is 2.05. The Kier molecular flexibility index (Phi) is 4.82. The number of anilines is 1. The summed E-state index contributed by atoms with van der Waals surface area (Å²) >= 11 is 0. The van der Waals surface area contributed by atoms with E-state index in [1.54, 1.807) is 7.11 Å². The van der Waals surface area contributed by atoms with Gasteiger partial charge in [0.2, 0.25) is 0 Å². The molecule has 0 aliphatic rings. The van der Waals surface area contributed by atoms with Crippen LogP contribution >= 0.6 is 0 Å². The fourth-order valence-corrected chi connectivity index (χ4v) is 2.05. The van der Waals surface area contributed by atoms with E-state index in [4.69, 9.17) is 10.5 Å². The van der Waals surface area contributed by atoms with Crippen LogP contribution in [0.5, 0.6) is 5.75 Å². The molecule has 0 unspecified atom stereocenters. The molecule has 0 radical (unpaired) electrons. The molecule has 1 aromatic carbocycles. The van der Waals surface area contributed by atoms with E-state index in [1.165, 1.54) is 5.69 Å². The zero-order valence-corrected chi connectivity index (χ0v) is 11.4. The summed E-state index contributed by atoms with van der Waals surface area (Å²) in [7, 11) is 3.80. The molecule has 0 saturated carbocycles. The summed E-state index contributed by atoms with van der Waals surface area (Å²) in [5, 5.41) is 0. The molecule has 0 atom stereocenters. The van der Waals surface area contributed by atoms with Gasteiger partial charge in [-0.15, -0.1) is 0 Å². The van der Waals surface area contributed by atoms with Crippen LogP contribution in [0.1, 0.15) is 20.3 Å². The topological polar surface area (TPSA) is 38.5 Å². The number of methoxy groups -OCH3 is 1. The Bertz CT molecular complexity index is 350. The Morgan fingerprint density at radius 3 is 2.65 bits per heavy atom. The summed E-state index contributed by atoms with van der Waals surface area (Å²) < 4.78 is 5.24. The van der Waals surface area contributed by atoms with Crippen molar-refractivity contribution in [1.29, 1.82) is 0 Å². The van der Waals surface area contributed by atoms with Crippen molar-refractivity contribution in [3.05, 3.63) is 24.3 Å². The second kappa shape index (κ2) is 5.92. The molecule has 0 spiro atoms. The summed E-state index contributed by atoms with van der Waals surface area (Å²) in [5.74, 6) is 0.894. The Hall–Kier alpha value is -1.22. The lowest BCUT2D eigenvalue weighted by Crippen LogP contribution is -2.32. The second-order valence-electron chi connectivity index (χ2n) is 5.26. The quantitative estimate of drug-likeness (QED) is 0.824. The number of hydrogen-bond donors (Lipinski definition) is 1. The molecule has 0 fully saturated rings. The SMILES string of the molecule is COc1cccc(N(C)CC(C)(C)CCN)c1. The summed E-state index contributed by atoms with van der Waals surface area (Å²) in [6.45, 7) is 6.21. The highest BCUT2D eigenvalue weighted by molar-refractivity contribution is 5.50. The van der Waals surface area contributed by atoms with Gasteiger partial charge >= 0.3 is 0 Å². The Balaban J connectivity index is 2.71. The van der Waals surface area contributed by atoms with E-state index >= 15 is 0 Å². The van der Waals surface area contributed by atoms with E-state index in [0.717, 1.165) is 25.3 Å². The normalized spacial score (nSPS) is 11.4. The third-order valence-electron chi connectivity index (χ3n) is 2.98. The zero-order valence-electron chi connectivity index (χ0n) is 11.4. The molecular formula is C14H24N2O. The van der Waals surface area contributed by atoms with Crippen molar-refractivity contribution in [2.75, 3.05) is 32.1 Å². The Labute approximate surface area is 105 Å². The van der Waals surface area contributed by atoms with E-state index in [9.17, 15) is 0 Å². The van der Waals surface area contributed by atoms with E-state index in [2.05, 4.69) is 37.9 Å². The van der Waals surface area contributed by atoms with Crippen molar-refractivity contribution >= 4 is 5.69 Å². The summed E-state index contributed by atoms with van der Waals surface area (Å²) in [6, 6.07) is 8.13. The van der Waals surface area contributed by atoms with Crippen LogP contribution in [0.3, 0.4) is 0 Å². The largest absolute Gasteiger partial charge is 0.497 e. The highest BCUT2D eigenvalue weighted by Gasteiger charge is 2.19. The second-order valence-corrected chi connectivity index (χ2v) is 5.26. The van der Waals surface area contributed by atoms with Crippen molar-refractivity contribution < 1.29 is 4.74 Å². The number of nitrogens with two attached hydrogens (primary N) is 1. The molecule has 96 valence electrons. The van der Waals surface area contributed by atoms with Gasteiger partial charge in [0, 0.05) is 25.3 Å². The summed E-state index contributed by atoms with van der Waals surface area (Å²) in [4.78, 5) is 2.25. The summed E-state index contributed by atoms with van der Waals surface area (Å²) in [5.41, 5.74) is 7.04. The van der Waals surface area contributed by atoms with Crippen molar-refractivity contribution in [3.63, 3.8) is 0 Å². The third kappa shape index (κ3) is 4.27. The van der Waals surface area contributed by atoms with Crippen LogP contribution in [-0.4, -0.2) is 27.2 Å². The van der Waals surface area contributed by atoms with Gasteiger partial charge in [-0.3, -0.25) is 0 Å². The smallest absolute Gasteiger partial charge is 0.120 e. The lowest BCUT2D eigenvalue weighted by Gasteiger charge is -2.31. The van der Waals surface area contributed by atoms with Crippen LogP contribution in [0.2, 0.25) is 0 Å². The first-order valence-electron chi connectivity index (χ1n) is 6.04. The molecule has 0 aliphatic heterocycles. The van der Waals surface area contributed by atoms with Crippen LogP contribution < -0.4 is 15.4 Å². The fraction of sp³-hybridized carbons (Fsp3) is 0.571. The van der Waals surface area contributed by atoms with E-state index in [1.807, 2.05) is 12.1 Å². The minimum Gasteiger partial charge on any atom is -0.497 e. The molecule has 0 bridgehead atoms. The first kappa shape index (κ1) is 13.8. The molecule has 0 aliphatic carbocycles. The predicted molar refractivity (Wildman–Crippen MR) is 73.7 cm³/mol. The summed E-state index contributed by atoms with van der Waals surface area (Å²) in [6.07, 6.45) is 1.03. The maximum Gasteiger partial charge on any atom is 0.120 e. The molecule has 3 nitrogen and oxygen atoms in total. The molecule has 0 amide bonds.